The SMILES string of the molecule is Cn1cnc2cc(S(=O)[O-])ccc21.[Na+]. The maximum absolute atomic E-state index is 10.6. The van der Waals surface area contributed by atoms with Crippen molar-refractivity contribution in [2.75, 3.05) is 0 Å². The first-order valence-electron chi connectivity index (χ1n) is 3.69. The number of hydrogen-bond acceptors (Lipinski definition) is 3. The Bertz CT molecular complexity index is 483. The first-order valence-corrected chi connectivity index (χ1v) is 4.76. The summed E-state index contributed by atoms with van der Waals surface area (Å²) in [7, 11) is 1.86. The third kappa shape index (κ3) is 2.07. The average Bonchev–Trinajstić information content (AvgIpc) is 2.47. The molecule has 1 atom stereocenters. The Morgan fingerprint density at radius 3 is 2.86 bits per heavy atom. The van der Waals surface area contributed by atoms with Gasteiger partial charge in [0, 0.05) is 11.9 Å². The van der Waals surface area contributed by atoms with Gasteiger partial charge >= 0.3 is 29.6 Å². The third-order valence-corrected chi connectivity index (χ3v) is 2.53. The third-order valence-electron chi connectivity index (χ3n) is 1.89. The molecule has 2 rings (SSSR count). The van der Waals surface area contributed by atoms with Gasteiger partial charge < -0.3 is 9.12 Å². The monoisotopic (exact) mass is 218 g/mol. The molecular formula is C8H7N2NaO2S. The van der Waals surface area contributed by atoms with E-state index in [0.717, 1.165) is 5.52 Å². The van der Waals surface area contributed by atoms with E-state index in [9.17, 15) is 8.76 Å². The molecule has 0 saturated carbocycles. The molecule has 4 nitrogen and oxygen atoms in total. The number of rotatable bonds is 1. The summed E-state index contributed by atoms with van der Waals surface area (Å²) in [6.07, 6.45) is 1.65. The zero-order chi connectivity index (χ0) is 9.42. The van der Waals surface area contributed by atoms with Crippen LogP contribution in [0.5, 0.6) is 0 Å². The molecule has 0 aliphatic rings. The summed E-state index contributed by atoms with van der Waals surface area (Å²) in [6.45, 7) is 0. The minimum absolute atomic E-state index is 0. The zero-order valence-corrected chi connectivity index (χ0v) is 10.7. The Morgan fingerprint density at radius 2 is 2.21 bits per heavy atom. The van der Waals surface area contributed by atoms with Gasteiger partial charge in [-0.25, -0.2) is 4.98 Å². The number of hydrogen-bond donors (Lipinski definition) is 0. The first kappa shape index (κ1) is 11.9. The summed E-state index contributed by atoms with van der Waals surface area (Å²) in [5.41, 5.74) is 1.62. The summed E-state index contributed by atoms with van der Waals surface area (Å²) in [6, 6.07) is 4.86. The van der Waals surface area contributed by atoms with Crippen molar-refractivity contribution in [3.05, 3.63) is 24.5 Å². The maximum Gasteiger partial charge on any atom is 1.00 e. The molecule has 6 heteroatoms. The Kier molecular flexibility index (Phi) is 3.86. The van der Waals surface area contributed by atoms with Crippen LogP contribution in [-0.4, -0.2) is 18.3 Å². The Hall–Kier alpha value is -0.200. The van der Waals surface area contributed by atoms with Crippen molar-refractivity contribution in [2.45, 2.75) is 4.90 Å². The summed E-state index contributed by atoms with van der Waals surface area (Å²) in [4.78, 5) is 4.32. The van der Waals surface area contributed by atoms with E-state index >= 15 is 0 Å². The first-order chi connectivity index (χ1) is 6.18. The van der Waals surface area contributed by atoms with Crippen LogP contribution in [0, 0.1) is 0 Å². The van der Waals surface area contributed by atoms with Crippen molar-refractivity contribution >= 4 is 22.1 Å². The maximum atomic E-state index is 10.6. The molecule has 0 N–H and O–H groups in total. The number of nitrogens with zero attached hydrogens (tertiary/aromatic N) is 2. The van der Waals surface area contributed by atoms with Crippen LogP contribution in [0.4, 0.5) is 0 Å². The zero-order valence-electron chi connectivity index (χ0n) is 7.93. The fourth-order valence-electron chi connectivity index (χ4n) is 1.22. The van der Waals surface area contributed by atoms with E-state index in [-0.39, 0.29) is 34.5 Å². The molecule has 1 unspecified atom stereocenters. The molecule has 2 aromatic rings. The smallest absolute Gasteiger partial charge is 0.768 e. The van der Waals surface area contributed by atoms with E-state index in [1.807, 2.05) is 11.6 Å². The largest absolute Gasteiger partial charge is 1.00 e. The Balaban J connectivity index is 0.000000980. The van der Waals surface area contributed by atoms with Gasteiger partial charge in [0.1, 0.15) is 0 Å². The van der Waals surface area contributed by atoms with Crippen LogP contribution in [0.2, 0.25) is 0 Å². The van der Waals surface area contributed by atoms with Crippen molar-refractivity contribution in [1.82, 2.24) is 9.55 Å². The van der Waals surface area contributed by atoms with Crippen molar-refractivity contribution in [3.63, 3.8) is 0 Å². The van der Waals surface area contributed by atoms with E-state index < -0.39 is 11.1 Å². The molecule has 0 aliphatic carbocycles. The number of imidazole rings is 1. The summed E-state index contributed by atoms with van der Waals surface area (Å²) in [5, 5.41) is 0. The molecule has 1 aromatic heterocycles. The van der Waals surface area contributed by atoms with E-state index in [1.54, 1.807) is 24.5 Å². The molecule has 0 saturated heterocycles. The second-order valence-electron chi connectivity index (χ2n) is 2.74. The van der Waals surface area contributed by atoms with Gasteiger partial charge in [-0.2, -0.15) is 0 Å². The number of aromatic nitrogens is 2. The van der Waals surface area contributed by atoms with E-state index in [2.05, 4.69) is 4.98 Å². The van der Waals surface area contributed by atoms with E-state index in [0.29, 0.717) is 5.52 Å². The van der Waals surface area contributed by atoms with Crippen LogP contribution in [0.3, 0.4) is 0 Å². The van der Waals surface area contributed by atoms with Gasteiger partial charge in [-0.1, -0.05) is 0 Å². The molecule has 68 valence electrons. The van der Waals surface area contributed by atoms with Gasteiger partial charge in [-0.15, -0.1) is 0 Å². The quantitative estimate of drug-likeness (QED) is 0.404. The Labute approximate surface area is 106 Å². The van der Waals surface area contributed by atoms with Crippen LogP contribution in [0.25, 0.3) is 11.0 Å². The van der Waals surface area contributed by atoms with E-state index in [4.69, 9.17) is 0 Å². The number of benzene rings is 1. The molecule has 14 heavy (non-hydrogen) atoms. The van der Waals surface area contributed by atoms with Gasteiger partial charge in [0.05, 0.1) is 17.4 Å². The molecule has 0 fully saturated rings. The van der Waals surface area contributed by atoms with Crippen LogP contribution in [-0.2, 0) is 18.1 Å². The molecule has 1 heterocycles. The number of aryl methyl sites for hydroxylation is 1. The minimum atomic E-state index is -2.17. The molecule has 0 amide bonds. The Morgan fingerprint density at radius 1 is 1.50 bits per heavy atom. The second kappa shape index (κ2) is 4.55. The van der Waals surface area contributed by atoms with Crippen molar-refractivity contribution < 1.29 is 38.3 Å². The summed E-state index contributed by atoms with van der Waals surface area (Å²) in [5.74, 6) is 0. The van der Waals surface area contributed by atoms with Gasteiger partial charge in [0.2, 0.25) is 0 Å². The minimum Gasteiger partial charge on any atom is -0.768 e. The molecule has 0 bridgehead atoms. The van der Waals surface area contributed by atoms with Crippen LogP contribution in [0.15, 0.2) is 29.4 Å². The molecular weight excluding hydrogens is 211 g/mol. The topological polar surface area (TPSA) is 58.0 Å². The van der Waals surface area contributed by atoms with Gasteiger partial charge in [-0.3, -0.25) is 4.21 Å². The standard InChI is InChI=1S/C8H8N2O2S.Na/c1-10-5-9-7-4-6(13(11)12)2-3-8(7)10;/h2-5H,1H3,(H,11,12);/q;+1/p-1. The summed E-state index contributed by atoms with van der Waals surface area (Å²) < 4.78 is 23.1. The molecule has 0 radical (unpaired) electrons. The summed E-state index contributed by atoms with van der Waals surface area (Å²) >= 11 is -2.17. The molecule has 1 aromatic carbocycles. The van der Waals surface area contributed by atoms with Crippen LogP contribution >= 0.6 is 0 Å². The second-order valence-corrected chi connectivity index (χ2v) is 3.68. The molecule has 0 aliphatic heterocycles. The predicted octanol–water partition coefficient (Wildman–Crippen LogP) is -2.18. The van der Waals surface area contributed by atoms with Crippen LogP contribution in [0.1, 0.15) is 0 Å². The van der Waals surface area contributed by atoms with Gasteiger partial charge in [-0.05, 0) is 29.3 Å². The van der Waals surface area contributed by atoms with Crippen molar-refractivity contribution in [3.8, 4) is 0 Å². The number of fused-ring (bicyclic) bond motifs is 1. The van der Waals surface area contributed by atoms with Crippen molar-refractivity contribution in [2.24, 2.45) is 7.05 Å². The average molecular weight is 218 g/mol. The predicted molar refractivity (Wildman–Crippen MR) is 47.9 cm³/mol. The fraction of sp³-hybridized carbons (Fsp3) is 0.125. The van der Waals surface area contributed by atoms with Gasteiger partial charge in [0.25, 0.3) is 0 Å². The molecule has 0 spiro atoms. The van der Waals surface area contributed by atoms with Gasteiger partial charge in [0.15, 0.2) is 0 Å². The van der Waals surface area contributed by atoms with Crippen LogP contribution < -0.4 is 29.6 Å². The fourth-order valence-corrected chi connectivity index (χ4v) is 1.61. The van der Waals surface area contributed by atoms with E-state index in [1.165, 1.54) is 0 Å². The normalized spacial score (nSPS) is 12.4. The van der Waals surface area contributed by atoms with Crippen molar-refractivity contribution in [1.29, 1.82) is 0 Å².